The lowest BCUT2D eigenvalue weighted by molar-refractivity contribution is 0.102. The third-order valence-corrected chi connectivity index (χ3v) is 4.82. The molecule has 27 heavy (non-hydrogen) atoms. The van der Waals surface area contributed by atoms with Crippen LogP contribution in [-0.4, -0.2) is 43.2 Å². The van der Waals surface area contributed by atoms with Crippen molar-refractivity contribution in [2.45, 2.75) is 25.7 Å². The number of nitrogens with one attached hydrogen (secondary N) is 1. The van der Waals surface area contributed by atoms with Crippen molar-refractivity contribution in [3.63, 3.8) is 0 Å². The van der Waals surface area contributed by atoms with Gasteiger partial charge in [0.15, 0.2) is 0 Å². The van der Waals surface area contributed by atoms with Crippen LogP contribution in [0, 0.1) is 0 Å². The minimum Gasteiger partial charge on any atom is -0.495 e. The van der Waals surface area contributed by atoms with Crippen LogP contribution in [0.5, 0.6) is 11.5 Å². The maximum atomic E-state index is 12.6. The van der Waals surface area contributed by atoms with Gasteiger partial charge >= 0.3 is 0 Å². The van der Waals surface area contributed by atoms with Crippen molar-refractivity contribution >= 4 is 29.0 Å². The summed E-state index contributed by atoms with van der Waals surface area (Å²) >= 11 is 6.09. The average Bonchev–Trinajstić information content (AvgIpc) is 2.98. The number of hydrogen-bond acceptors (Lipinski definition) is 6. The van der Waals surface area contributed by atoms with Gasteiger partial charge in [-0.05, 0) is 12.8 Å². The normalized spacial score (nSPS) is 14.4. The standard InChI is InChI=1S/C19H23ClN4O3/c1-26-16-10-14(17(27-2)9-13(16)20)23-19(25)15-11-22-18(12-21-15)24-7-5-3-4-6-8-24/h9-12H,3-8H2,1-2H3,(H,23,25). The maximum absolute atomic E-state index is 12.6. The Bertz CT molecular complexity index is 790. The number of carbonyl (C=O) groups excluding carboxylic acids is 1. The van der Waals surface area contributed by atoms with Crippen molar-refractivity contribution < 1.29 is 14.3 Å². The Labute approximate surface area is 163 Å². The van der Waals surface area contributed by atoms with E-state index >= 15 is 0 Å². The van der Waals surface area contributed by atoms with Crippen LogP contribution in [0.1, 0.15) is 36.2 Å². The van der Waals surface area contributed by atoms with Crippen molar-refractivity contribution in [3.05, 3.63) is 35.2 Å². The fourth-order valence-corrected chi connectivity index (χ4v) is 3.28. The lowest BCUT2D eigenvalue weighted by atomic mass is 10.2. The van der Waals surface area contributed by atoms with E-state index in [0.717, 1.165) is 31.7 Å². The third kappa shape index (κ3) is 4.60. The van der Waals surface area contributed by atoms with E-state index in [-0.39, 0.29) is 11.6 Å². The topological polar surface area (TPSA) is 76.6 Å². The number of nitrogens with zero attached hydrogens (tertiary/aromatic N) is 3. The van der Waals surface area contributed by atoms with E-state index in [0.29, 0.717) is 22.2 Å². The minimum atomic E-state index is -0.382. The molecule has 0 atom stereocenters. The molecule has 1 amide bonds. The molecule has 2 aromatic rings. The molecule has 1 N–H and O–H groups in total. The monoisotopic (exact) mass is 390 g/mol. The second-order valence-corrected chi connectivity index (χ2v) is 6.71. The van der Waals surface area contributed by atoms with Gasteiger partial charge < -0.3 is 19.7 Å². The summed E-state index contributed by atoms with van der Waals surface area (Å²) in [7, 11) is 3.01. The first-order valence-corrected chi connectivity index (χ1v) is 9.30. The summed E-state index contributed by atoms with van der Waals surface area (Å²) in [4.78, 5) is 23.5. The molecule has 1 aliphatic rings. The van der Waals surface area contributed by atoms with Crippen molar-refractivity contribution in [2.24, 2.45) is 0 Å². The molecule has 1 aromatic carbocycles. The molecular weight excluding hydrogens is 368 g/mol. The lowest BCUT2D eigenvalue weighted by Crippen LogP contribution is -2.25. The van der Waals surface area contributed by atoms with Crippen LogP contribution in [0.4, 0.5) is 11.5 Å². The van der Waals surface area contributed by atoms with E-state index in [4.69, 9.17) is 21.1 Å². The van der Waals surface area contributed by atoms with Crippen molar-refractivity contribution in [1.82, 2.24) is 9.97 Å². The van der Waals surface area contributed by atoms with Crippen LogP contribution in [0.15, 0.2) is 24.5 Å². The molecule has 8 heteroatoms. The molecule has 0 radical (unpaired) electrons. The summed E-state index contributed by atoms with van der Waals surface area (Å²) in [5.41, 5.74) is 0.673. The Morgan fingerprint density at radius 3 is 2.33 bits per heavy atom. The molecule has 1 aliphatic heterocycles. The number of ether oxygens (including phenoxy) is 2. The predicted octanol–water partition coefficient (Wildman–Crippen LogP) is 3.78. The number of aromatic nitrogens is 2. The number of benzene rings is 1. The molecular formula is C19H23ClN4O3. The van der Waals surface area contributed by atoms with Crippen molar-refractivity contribution in [3.8, 4) is 11.5 Å². The van der Waals surface area contributed by atoms with E-state index in [2.05, 4.69) is 20.2 Å². The molecule has 1 aromatic heterocycles. The van der Waals surface area contributed by atoms with Gasteiger partial charge in [-0.15, -0.1) is 0 Å². The zero-order valence-electron chi connectivity index (χ0n) is 15.5. The van der Waals surface area contributed by atoms with Gasteiger partial charge in [-0.3, -0.25) is 4.79 Å². The Morgan fingerprint density at radius 1 is 1.04 bits per heavy atom. The second-order valence-electron chi connectivity index (χ2n) is 6.30. The van der Waals surface area contributed by atoms with Gasteiger partial charge in [0.25, 0.3) is 5.91 Å². The second kappa shape index (κ2) is 8.90. The smallest absolute Gasteiger partial charge is 0.275 e. The van der Waals surface area contributed by atoms with Crippen LogP contribution >= 0.6 is 11.6 Å². The van der Waals surface area contributed by atoms with Crippen LogP contribution in [0.25, 0.3) is 0 Å². The molecule has 1 fully saturated rings. The summed E-state index contributed by atoms with van der Waals surface area (Å²) in [6.07, 6.45) is 7.95. The molecule has 0 spiro atoms. The predicted molar refractivity (Wildman–Crippen MR) is 105 cm³/mol. The average molecular weight is 391 g/mol. The molecule has 0 saturated carbocycles. The number of amides is 1. The van der Waals surface area contributed by atoms with Gasteiger partial charge in [0.2, 0.25) is 0 Å². The highest BCUT2D eigenvalue weighted by atomic mass is 35.5. The van der Waals surface area contributed by atoms with E-state index < -0.39 is 0 Å². The number of rotatable bonds is 5. The third-order valence-electron chi connectivity index (χ3n) is 4.52. The van der Waals surface area contributed by atoms with Crippen LogP contribution in [-0.2, 0) is 0 Å². The highest BCUT2D eigenvalue weighted by Crippen LogP contribution is 2.36. The largest absolute Gasteiger partial charge is 0.495 e. The summed E-state index contributed by atoms with van der Waals surface area (Å²) < 4.78 is 10.5. The maximum Gasteiger partial charge on any atom is 0.275 e. The Balaban J connectivity index is 1.74. The van der Waals surface area contributed by atoms with Gasteiger partial charge in [-0.1, -0.05) is 24.4 Å². The lowest BCUT2D eigenvalue weighted by Gasteiger charge is -2.20. The van der Waals surface area contributed by atoms with E-state index in [1.165, 1.54) is 33.3 Å². The first-order chi connectivity index (χ1) is 13.1. The fraction of sp³-hybridized carbons (Fsp3) is 0.421. The Kier molecular flexibility index (Phi) is 6.34. The van der Waals surface area contributed by atoms with Crippen LogP contribution < -0.4 is 19.7 Å². The van der Waals surface area contributed by atoms with Gasteiger partial charge in [0, 0.05) is 25.2 Å². The molecule has 3 rings (SSSR count). The van der Waals surface area contributed by atoms with Gasteiger partial charge in [-0.2, -0.15) is 0 Å². The van der Waals surface area contributed by atoms with E-state index in [1.54, 1.807) is 18.3 Å². The van der Waals surface area contributed by atoms with Crippen molar-refractivity contribution in [1.29, 1.82) is 0 Å². The number of halogens is 1. The zero-order chi connectivity index (χ0) is 19.2. The fourth-order valence-electron chi connectivity index (χ4n) is 3.05. The molecule has 2 heterocycles. The highest BCUT2D eigenvalue weighted by molar-refractivity contribution is 6.32. The summed E-state index contributed by atoms with van der Waals surface area (Å²) in [6, 6.07) is 3.20. The van der Waals surface area contributed by atoms with Crippen LogP contribution in [0.3, 0.4) is 0 Å². The van der Waals surface area contributed by atoms with E-state index in [9.17, 15) is 4.79 Å². The molecule has 1 saturated heterocycles. The van der Waals surface area contributed by atoms with E-state index in [1.807, 2.05) is 0 Å². The first-order valence-electron chi connectivity index (χ1n) is 8.92. The van der Waals surface area contributed by atoms with Gasteiger partial charge in [0.1, 0.15) is 23.0 Å². The van der Waals surface area contributed by atoms with Crippen LogP contribution in [0.2, 0.25) is 5.02 Å². The summed E-state index contributed by atoms with van der Waals surface area (Å²) in [5.74, 6) is 1.30. The number of carbonyl (C=O) groups is 1. The number of anilines is 2. The molecule has 0 unspecified atom stereocenters. The number of hydrogen-bond donors (Lipinski definition) is 1. The van der Waals surface area contributed by atoms with Gasteiger partial charge in [-0.25, -0.2) is 9.97 Å². The Hall–Kier alpha value is -2.54. The minimum absolute atomic E-state index is 0.226. The first kappa shape index (κ1) is 19.2. The highest BCUT2D eigenvalue weighted by Gasteiger charge is 2.16. The molecule has 0 bridgehead atoms. The SMILES string of the molecule is COc1cc(NC(=O)c2cnc(N3CCCCCC3)cn2)c(OC)cc1Cl. The summed E-state index contributed by atoms with van der Waals surface area (Å²) in [5, 5.41) is 3.17. The molecule has 0 aliphatic carbocycles. The molecule has 7 nitrogen and oxygen atoms in total. The Morgan fingerprint density at radius 2 is 1.74 bits per heavy atom. The zero-order valence-corrected chi connectivity index (χ0v) is 16.3. The van der Waals surface area contributed by atoms with Gasteiger partial charge in [0.05, 0.1) is 37.3 Å². The quantitative estimate of drug-likeness (QED) is 0.837. The van der Waals surface area contributed by atoms with Crippen molar-refractivity contribution in [2.75, 3.05) is 37.5 Å². The number of methoxy groups -OCH3 is 2. The summed E-state index contributed by atoms with van der Waals surface area (Å²) in [6.45, 7) is 1.95. The molecule has 144 valence electrons.